The van der Waals surface area contributed by atoms with Crippen molar-refractivity contribution in [2.75, 3.05) is 0 Å². The zero-order valence-corrected chi connectivity index (χ0v) is 4.89. The Labute approximate surface area is 56.0 Å². The Morgan fingerprint density at radius 2 is 2.40 bits per heavy atom. The average Bonchev–Trinajstić information content (AvgIpc) is 1.88. The first kappa shape index (κ1) is 6.40. The Kier molecular flexibility index (Phi) is 1.74. The topological polar surface area (TPSA) is 91.0 Å². The van der Waals surface area contributed by atoms with Gasteiger partial charge in [0.05, 0.1) is 12.4 Å². The highest BCUT2D eigenvalue weighted by Gasteiger charge is 1.98. The molecule has 0 unspecified atom stereocenters. The van der Waals surface area contributed by atoms with E-state index in [2.05, 4.69) is 25.7 Å². The summed E-state index contributed by atoms with van der Waals surface area (Å²) in [5.41, 5.74) is 4.66. The Morgan fingerprint density at radius 3 is 2.90 bits per heavy atom. The van der Waals surface area contributed by atoms with E-state index in [1.807, 2.05) is 0 Å². The number of primary amides is 1. The van der Waals surface area contributed by atoms with Crippen LogP contribution in [0.3, 0.4) is 0 Å². The predicted octanol–water partition coefficient (Wildman–Crippen LogP) is -0.671. The molecule has 0 bridgehead atoms. The Morgan fingerprint density at radius 1 is 1.60 bits per heavy atom. The Balaban J connectivity index is 2.67. The lowest BCUT2D eigenvalue weighted by Gasteiger charge is -1.92. The summed E-state index contributed by atoms with van der Waals surface area (Å²) in [6, 6.07) is -0.144. The van der Waals surface area contributed by atoms with Gasteiger partial charge in [-0.05, 0) is 0 Å². The number of nitrogens with two attached hydrogens (primary N) is 1. The van der Waals surface area contributed by atoms with E-state index >= 15 is 0 Å². The summed E-state index contributed by atoms with van der Waals surface area (Å²) in [5, 5.41) is 6.73. The van der Waals surface area contributed by atoms with Gasteiger partial charge < -0.3 is 10.5 Å². The van der Waals surface area contributed by atoms with Gasteiger partial charge in [-0.25, -0.2) is 9.78 Å². The molecule has 0 aliphatic carbocycles. The molecule has 2 N–H and O–H groups in total. The fraction of sp³-hybridized carbons (Fsp3) is 0. The van der Waals surface area contributed by atoms with E-state index in [9.17, 15) is 4.79 Å². The lowest BCUT2D eigenvalue weighted by molar-refractivity contribution is 0.206. The maximum absolute atomic E-state index is 10.1. The molecule has 0 fully saturated rings. The molecule has 0 saturated heterocycles. The molecule has 0 spiro atoms. The predicted molar refractivity (Wildman–Crippen MR) is 30.0 cm³/mol. The van der Waals surface area contributed by atoms with Crippen LogP contribution >= 0.6 is 0 Å². The van der Waals surface area contributed by atoms with Gasteiger partial charge in [-0.1, -0.05) is 5.10 Å². The number of ether oxygens (including phenoxy) is 1. The largest absolute Gasteiger partial charge is 0.412 e. The molecule has 1 rings (SSSR count). The Hall–Kier alpha value is -1.72. The maximum atomic E-state index is 10.1. The first-order valence-corrected chi connectivity index (χ1v) is 2.40. The molecule has 1 heterocycles. The van der Waals surface area contributed by atoms with Crippen LogP contribution in [0.4, 0.5) is 4.79 Å². The van der Waals surface area contributed by atoms with Gasteiger partial charge in [0.15, 0.2) is 0 Å². The van der Waals surface area contributed by atoms with Crippen molar-refractivity contribution in [2.24, 2.45) is 5.73 Å². The van der Waals surface area contributed by atoms with Crippen molar-refractivity contribution in [1.29, 1.82) is 0 Å². The van der Waals surface area contributed by atoms with Gasteiger partial charge in [-0.15, -0.1) is 0 Å². The number of nitrogens with zero attached hydrogens (tertiary/aromatic N) is 3. The van der Waals surface area contributed by atoms with Gasteiger partial charge in [-0.2, -0.15) is 5.10 Å². The van der Waals surface area contributed by atoms with E-state index in [1.165, 1.54) is 12.4 Å². The second-order valence-electron chi connectivity index (χ2n) is 1.35. The fourth-order valence-corrected chi connectivity index (χ4v) is 0.372. The quantitative estimate of drug-likeness (QED) is 0.558. The molecule has 6 nitrogen and oxygen atoms in total. The second kappa shape index (κ2) is 2.72. The monoisotopic (exact) mass is 140 g/mol. The van der Waals surface area contributed by atoms with Gasteiger partial charge in [0.1, 0.15) is 0 Å². The number of aromatic nitrogens is 3. The standard InChI is InChI=1S/C4H4N4O2/c5-3(9)10-4-6-1-2-7-8-4/h1-2H,(H2,5,9). The van der Waals surface area contributed by atoms with Crippen molar-refractivity contribution in [2.45, 2.75) is 0 Å². The van der Waals surface area contributed by atoms with Crippen molar-refractivity contribution >= 4 is 6.09 Å². The van der Waals surface area contributed by atoms with Gasteiger partial charge in [-0.3, -0.25) is 0 Å². The molecule has 1 aromatic rings. The fourth-order valence-electron chi connectivity index (χ4n) is 0.372. The van der Waals surface area contributed by atoms with E-state index < -0.39 is 6.09 Å². The molecule has 1 aromatic heterocycles. The van der Waals surface area contributed by atoms with Gasteiger partial charge in [0, 0.05) is 0 Å². The van der Waals surface area contributed by atoms with E-state index in [1.54, 1.807) is 0 Å². The molecule has 0 radical (unpaired) electrons. The molecular formula is C4H4N4O2. The Bertz CT molecular complexity index is 224. The van der Waals surface area contributed by atoms with Crippen molar-refractivity contribution in [1.82, 2.24) is 15.2 Å². The number of hydrogen-bond acceptors (Lipinski definition) is 5. The van der Waals surface area contributed by atoms with Crippen LogP contribution in [0.25, 0.3) is 0 Å². The van der Waals surface area contributed by atoms with Crippen molar-refractivity contribution in [3.8, 4) is 6.01 Å². The van der Waals surface area contributed by atoms with Crippen molar-refractivity contribution in [3.63, 3.8) is 0 Å². The first-order valence-electron chi connectivity index (χ1n) is 2.40. The zero-order valence-electron chi connectivity index (χ0n) is 4.89. The van der Waals surface area contributed by atoms with Crippen LogP contribution in [0.15, 0.2) is 12.4 Å². The molecule has 10 heavy (non-hydrogen) atoms. The third-order valence-corrected chi connectivity index (χ3v) is 0.653. The molecule has 0 saturated carbocycles. The number of hydrogen-bond donors (Lipinski definition) is 1. The molecular weight excluding hydrogens is 136 g/mol. The van der Waals surface area contributed by atoms with E-state index in [-0.39, 0.29) is 6.01 Å². The van der Waals surface area contributed by atoms with Crippen molar-refractivity contribution < 1.29 is 9.53 Å². The smallest absolute Gasteiger partial charge is 0.373 e. The lowest BCUT2D eigenvalue weighted by atomic mass is 10.9. The SMILES string of the molecule is NC(=O)Oc1nccnn1. The summed E-state index contributed by atoms with van der Waals surface area (Å²) in [5.74, 6) is 0. The third kappa shape index (κ3) is 1.66. The summed E-state index contributed by atoms with van der Waals surface area (Å²) in [6.07, 6.45) is 1.74. The van der Waals surface area contributed by atoms with Crippen LogP contribution in [0, 0.1) is 0 Å². The van der Waals surface area contributed by atoms with Crippen LogP contribution in [0.1, 0.15) is 0 Å². The highest BCUT2D eigenvalue weighted by Crippen LogP contribution is 1.93. The minimum Gasteiger partial charge on any atom is -0.373 e. The third-order valence-electron chi connectivity index (χ3n) is 0.653. The summed E-state index contributed by atoms with van der Waals surface area (Å²) >= 11 is 0. The van der Waals surface area contributed by atoms with Crippen LogP contribution in [-0.4, -0.2) is 21.3 Å². The molecule has 1 amide bonds. The number of rotatable bonds is 1. The van der Waals surface area contributed by atoms with Crippen LogP contribution in [0.2, 0.25) is 0 Å². The summed E-state index contributed by atoms with van der Waals surface area (Å²) < 4.78 is 4.27. The number of carbonyl (C=O) groups is 1. The molecule has 6 heteroatoms. The van der Waals surface area contributed by atoms with Crippen molar-refractivity contribution in [3.05, 3.63) is 12.4 Å². The van der Waals surface area contributed by atoms with Gasteiger partial charge in [0.2, 0.25) is 0 Å². The molecule has 0 aliphatic heterocycles. The van der Waals surface area contributed by atoms with Gasteiger partial charge >= 0.3 is 12.1 Å². The maximum Gasteiger partial charge on any atom is 0.412 e. The molecule has 0 aromatic carbocycles. The van der Waals surface area contributed by atoms with Crippen LogP contribution in [0.5, 0.6) is 6.01 Å². The summed E-state index contributed by atoms with van der Waals surface area (Å²) in [6.45, 7) is 0. The van der Waals surface area contributed by atoms with E-state index in [0.29, 0.717) is 0 Å². The van der Waals surface area contributed by atoms with Crippen LogP contribution < -0.4 is 10.5 Å². The lowest BCUT2D eigenvalue weighted by Crippen LogP contribution is -2.17. The van der Waals surface area contributed by atoms with E-state index in [0.717, 1.165) is 0 Å². The molecule has 0 aliphatic rings. The van der Waals surface area contributed by atoms with Crippen LogP contribution in [-0.2, 0) is 0 Å². The highest BCUT2D eigenvalue weighted by atomic mass is 16.6. The summed E-state index contributed by atoms with van der Waals surface area (Å²) in [7, 11) is 0. The minimum atomic E-state index is -0.951. The zero-order chi connectivity index (χ0) is 7.40. The number of carbonyl (C=O) groups excluding carboxylic acids is 1. The summed E-state index contributed by atoms with van der Waals surface area (Å²) in [4.78, 5) is 13.6. The first-order chi connectivity index (χ1) is 4.79. The minimum absolute atomic E-state index is 0.144. The average molecular weight is 140 g/mol. The highest BCUT2D eigenvalue weighted by molar-refractivity contribution is 5.66. The number of amides is 1. The molecule has 52 valence electrons. The molecule has 0 atom stereocenters. The second-order valence-corrected chi connectivity index (χ2v) is 1.35. The van der Waals surface area contributed by atoms with E-state index in [4.69, 9.17) is 0 Å². The normalized spacial score (nSPS) is 8.80. The van der Waals surface area contributed by atoms with Gasteiger partial charge in [0.25, 0.3) is 0 Å².